The first-order chi connectivity index (χ1) is 9.22. The highest BCUT2D eigenvalue weighted by atomic mass is 19.1. The van der Waals surface area contributed by atoms with Crippen molar-refractivity contribution in [3.63, 3.8) is 0 Å². The Bertz CT molecular complexity index is 570. The SMILES string of the molecule is CCCCCCOC(=O)c1noc2ncc(F)nc12. The molecule has 0 aliphatic heterocycles. The molecule has 0 atom stereocenters. The van der Waals surface area contributed by atoms with Gasteiger partial charge in [0.1, 0.15) is 0 Å². The molecule has 0 fully saturated rings. The van der Waals surface area contributed by atoms with E-state index < -0.39 is 11.9 Å². The minimum atomic E-state index is -0.798. The zero-order valence-corrected chi connectivity index (χ0v) is 10.6. The van der Waals surface area contributed by atoms with Crippen molar-refractivity contribution < 1.29 is 18.4 Å². The van der Waals surface area contributed by atoms with Gasteiger partial charge in [0, 0.05) is 0 Å². The third-order valence-electron chi connectivity index (χ3n) is 2.58. The number of ether oxygens (including phenoxy) is 1. The number of aromatic nitrogens is 3. The largest absolute Gasteiger partial charge is 0.461 e. The number of nitrogens with zero attached hydrogens (tertiary/aromatic N) is 3. The number of esters is 1. The van der Waals surface area contributed by atoms with Crippen LogP contribution >= 0.6 is 0 Å². The van der Waals surface area contributed by atoms with Crippen molar-refractivity contribution in [1.29, 1.82) is 0 Å². The van der Waals surface area contributed by atoms with Crippen LogP contribution in [0.1, 0.15) is 43.1 Å². The molecular formula is C12H14FN3O3. The van der Waals surface area contributed by atoms with Gasteiger partial charge in [0.15, 0.2) is 5.52 Å². The monoisotopic (exact) mass is 267 g/mol. The zero-order valence-electron chi connectivity index (χ0n) is 10.6. The highest BCUT2D eigenvalue weighted by molar-refractivity contribution is 5.98. The van der Waals surface area contributed by atoms with Gasteiger partial charge in [-0.05, 0) is 6.42 Å². The van der Waals surface area contributed by atoms with E-state index in [2.05, 4.69) is 22.0 Å². The average Bonchev–Trinajstić information content (AvgIpc) is 2.81. The van der Waals surface area contributed by atoms with Crippen LogP contribution in [0.3, 0.4) is 0 Å². The van der Waals surface area contributed by atoms with E-state index >= 15 is 0 Å². The summed E-state index contributed by atoms with van der Waals surface area (Å²) in [5.74, 6) is -1.47. The van der Waals surface area contributed by atoms with Gasteiger partial charge in [0.25, 0.3) is 5.71 Å². The van der Waals surface area contributed by atoms with Crippen molar-refractivity contribution in [2.45, 2.75) is 32.6 Å². The molecule has 6 nitrogen and oxygen atoms in total. The summed E-state index contributed by atoms with van der Waals surface area (Å²) in [5.41, 5.74) is -0.143. The van der Waals surface area contributed by atoms with Crippen molar-refractivity contribution in [2.24, 2.45) is 0 Å². The molecule has 2 rings (SSSR count). The third-order valence-corrected chi connectivity index (χ3v) is 2.58. The van der Waals surface area contributed by atoms with E-state index in [1.807, 2.05) is 0 Å². The van der Waals surface area contributed by atoms with E-state index in [9.17, 15) is 9.18 Å². The van der Waals surface area contributed by atoms with Crippen molar-refractivity contribution in [3.8, 4) is 0 Å². The van der Waals surface area contributed by atoms with E-state index in [0.717, 1.165) is 31.9 Å². The molecule has 0 unspecified atom stereocenters. The number of carbonyl (C=O) groups is 1. The lowest BCUT2D eigenvalue weighted by Crippen LogP contribution is -2.08. The van der Waals surface area contributed by atoms with Gasteiger partial charge in [-0.3, -0.25) is 0 Å². The Labute approximate surface area is 109 Å². The molecule has 0 aliphatic carbocycles. The molecule has 0 amide bonds. The van der Waals surface area contributed by atoms with Crippen LogP contribution in [0.15, 0.2) is 10.7 Å². The van der Waals surface area contributed by atoms with Crippen molar-refractivity contribution in [2.75, 3.05) is 6.61 Å². The highest BCUT2D eigenvalue weighted by Crippen LogP contribution is 2.15. The molecule has 0 aromatic carbocycles. The summed E-state index contributed by atoms with van der Waals surface area (Å²) in [4.78, 5) is 18.9. The van der Waals surface area contributed by atoms with E-state index in [1.165, 1.54) is 0 Å². The lowest BCUT2D eigenvalue weighted by atomic mass is 10.2. The second-order valence-electron chi connectivity index (χ2n) is 4.07. The van der Waals surface area contributed by atoms with Crippen molar-refractivity contribution in [1.82, 2.24) is 15.1 Å². The second-order valence-corrected chi connectivity index (χ2v) is 4.07. The number of hydrogen-bond donors (Lipinski definition) is 0. The average molecular weight is 267 g/mol. The number of rotatable bonds is 6. The van der Waals surface area contributed by atoms with Gasteiger partial charge in [-0.25, -0.2) is 14.8 Å². The Hall–Kier alpha value is -2.05. The number of carbonyl (C=O) groups excluding carboxylic acids is 1. The molecule has 0 saturated heterocycles. The van der Waals surface area contributed by atoms with Gasteiger partial charge in [0.2, 0.25) is 11.6 Å². The third kappa shape index (κ3) is 3.24. The summed E-state index contributed by atoms with van der Waals surface area (Å²) in [6, 6.07) is 0. The molecule has 0 spiro atoms. The molecule has 2 aromatic rings. The molecule has 7 heteroatoms. The minimum absolute atomic E-state index is 0.0133. The Balaban J connectivity index is 1.99. The topological polar surface area (TPSA) is 78.1 Å². The molecule has 102 valence electrons. The van der Waals surface area contributed by atoms with Crippen LogP contribution in [0.2, 0.25) is 0 Å². The fourth-order valence-corrected chi connectivity index (χ4v) is 1.61. The fourth-order valence-electron chi connectivity index (χ4n) is 1.61. The van der Waals surface area contributed by atoms with E-state index in [0.29, 0.717) is 6.61 Å². The normalized spacial score (nSPS) is 10.8. The van der Waals surface area contributed by atoms with Crippen molar-refractivity contribution >= 4 is 17.2 Å². The van der Waals surface area contributed by atoms with Crippen LogP contribution in [0.4, 0.5) is 4.39 Å². The molecule has 0 radical (unpaired) electrons. The summed E-state index contributed by atoms with van der Waals surface area (Å²) in [5, 5.41) is 3.51. The molecule has 2 aromatic heterocycles. The zero-order chi connectivity index (χ0) is 13.7. The maximum absolute atomic E-state index is 13.0. The Morgan fingerprint density at radius 3 is 3.05 bits per heavy atom. The first kappa shape index (κ1) is 13.4. The summed E-state index contributed by atoms with van der Waals surface area (Å²) in [7, 11) is 0. The first-order valence-electron chi connectivity index (χ1n) is 6.17. The number of unbranched alkanes of at least 4 members (excludes halogenated alkanes) is 3. The maximum Gasteiger partial charge on any atom is 0.362 e. The predicted octanol–water partition coefficient (Wildman–Crippen LogP) is 2.49. The molecule has 2 heterocycles. The Morgan fingerprint density at radius 2 is 2.26 bits per heavy atom. The molecule has 0 bridgehead atoms. The lowest BCUT2D eigenvalue weighted by molar-refractivity contribution is 0.0488. The first-order valence-corrected chi connectivity index (χ1v) is 6.17. The highest BCUT2D eigenvalue weighted by Gasteiger charge is 2.20. The summed E-state index contributed by atoms with van der Waals surface area (Å²) in [6.45, 7) is 2.40. The Kier molecular flexibility index (Phi) is 4.38. The summed E-state index contributed by atoms with van der Waals surface area (Å²) >= 11 is 0. The van der Waals surface area contributed by atoms with Gasteiger partial charge in [0.05, 0.1) is 12.8 Å². The van der Waals surface area contributed by atoms with Crippen LogP contribution in [0.5, 0.6) is 0 Å². The Morgan fingerprint density at radius 1 is 1.42 bits per heavy atom. The summed E-state index contributed by atoms with van der Waals surface area (Å²) in [6.07, 6.45) is 4.89. The van der Waals surface area contributed by atoms with Crippen LogP contribution in [0, 0.1) is 5.95 Å². The smallest absolute Gasteiger partial charge is 0.362 e. The lowest BCUT2D eigenvalue weighted by Gasteiger charge is -2.01. The second kappa shape index (κ2) is 6.21. The number of hydrogen-bond acceptors (Lipinski definition) is 6. The van der Waals surface area contributed by atoms with Crippen LogP contribution in [-0.2, 0) is 4.74 Å². The summed E-state index contributed by atoms with van der Waals surface area (Å²) < 4.78 is 22.8. The molecule has 0 saturated carbocycles. The van der Waals surface area contributed by atoms with Gasteiger partial charge in [-0.1, -0.05) is 31.3 Å². The quantitative estimate of drug-likeness (QED) is 0.591. The minimum Gasteiger partial charge on any atom is -0.461 e. The molecule has 19 heavy (non-hydrogen) atoms. The number of fused-ring (bicyclic) bond motifs is 1. The van der Waals surface area contributed by atoms with Gasteiger partial charge >= 0.3 is 5.97 Å². The van der Waals surface area contributed by atoms with Gasteiger partial charge in [-0.15, -0.1) is 0 Å². The number of halogens is 1. The predicted molar refractivity (Wildman–Crippen MR) is 64.0 cm³/mol. The van der Waals surface area contributed by atoms with Gasteiger partial charge in [-0.2, -0.15) is 4.39 Å². The standard InChI is InChI=1S/C12H14FN3O3/c1-2-3-4-5-6-18-12(17)10-9-11(19-16-10)14-7-8(13)15-9/h7H,2-6H2,1H3. The molecule has 0 N–H and O–H groups in total. The van der Waals surface area contributed by atoms with E-state index in [4.69, 9.17) is 9.26 Å². The van der Waals surface area contributed by atoms with Crippen LogP contribution in [-0.4, -0.2) is 27.7 Å². The van der Waals surface area contributed by atoms with Crippen molar-refractivity contribution in [3.05, 3.63) is 17.8 Å². The van der Waals surface area contributed by atoms with Gasteiger partial charge < -0.3 is 9.26 Å². The maximum atomic E-state index is 13.0. The van der Waals surface area contributed by atoms with Crippen LogP contribution in [0.25, 0.3) is 11.2 Å². The van der Waals surface area contributed by atoms with Crippen LogP contribution < -0.4 is 0 Å². The van der Waals surface area contributed by atoms with E-state index in [1.54, 1.807) is 0 Å². The molecule has 0 aliphatic rings. The van der Waals surface area contributed by atoms with E-state index in [-0.39, 0.29) is 16.9 Å². The fraction of sp³-hybridized carbons (Fsp3) is 0.500. The molecular weight excluding hydrogens is 253 g/mol.